The molecule has 0 bridgehead atoms. The molecule has 72 valence electrons. The first-order chi connectivity index (χ1) is 5.82. The van der Waals surface area contributed by atoms with Gasteiger partial charge in [-0.25, -0.2) is 0 Å². The fraction of sp³-hybridized carbons (Fsp3) is 0.250. The molecule has 1 rings (SSSR count). The highest BCUT2D eigenvalue weighted by Gasteiger charge is 2.33. The van der Waals surface area contributed by atoms with Crippen molar-refractivity contribution in [3.05, 3.63) is 26.8 Å². The van der Waals surface area contributed by atoms with E-state index in [1.165, 1.54) is 6.07 Å². The Labute approximate surface area is 87.3 Å². The first kappa shape index (κ1) is 10.6. The fourth-order valence-corrected chi connectivity index (χ4v) is 1.42. The molecule has 0 fully saturated rings. The summed E-state index contributed by atoms with van der Waals surface area (Å²) >= 11 is 1.85. The lowest BCUT2D eigenvalue weighted by Crippen LogP contribution is -2.09. The Bertz CT molecular complexity index is 333. The molecular formula is C8H7F3IN. The summed E-state index contributed by atoms with van der Waals surface area (Å²) in [5.74, 6) is 0. The SMILES string of the molecule is Cc1cc(N)c(C(F)(F)F)cc1I. The number of halogens is 4. The zero-order valence-corrected chi connectivity index (χ0v) is 8.90. The van der Waals surface area contributed by atoms with E-state index >= 15 is 0 Å². The van der Waals surface area contributed by atoms with Crippen molar-refractivity contribution >= 4 is 28.3 Å². The van der Waals surface area contributed by atoms with Gasteiger partial charge in [0.05, 0.1) is 5.56 Å². The fourth-order valence-electron chi connectivity index (χ4n) is 0.949. The third-order valence-corrected chi connectivity index (χ3v) is 2.80. The van der Waals surface area contributed by atoms with E-state index in [2.05, 4.69) is 0 Å². The van der Waals surface area contributed by atoms with E-state index in [0.717, 1.165) is 11.6 Å². The maximum Gasteiger partial charge on any atom is 0.418 e. The van der Waals surface area contributed by atoms with Gasteiger partial charge in [-0.15, -0.1) is 0 Å². The number of nitrogens with two attached hydrogens (primary N) is 1. The second kappa shape index (κ2) is 3.36. The minimum absolute atomic E-state index is 0.217. The van der Waals surface area contributed by atoms with E-state index in [9.17, 15) is 13.2 Å². The summed E-state index contributed by atoms with van der Waals surface area (Å²) in [5, 5.41) is 0. The lowest BCUT2D eigenvalue weighted by molar-refractivity contribution is -0.136. The van der Waals surface area contributed by atoms with Crippen molar-refractivity contribution in [3.63, 3.8) is 0 Å². The zero-order chi connectivity index (χ0) is 10.2. The number of hydrogen-bond acceptors (Lipinski definition) is 1. The van der Waals surface area contributed by atoms with Gasteiger partial charge >= 0.3 is 6.18 Å². The highest BCUT2D eigenvalue weighted by Crippen LogP contribution is 2.35. The zero-order valence-electron chi connectivity index (χ0n) is 6.74. The van der Waals surface area contributed by atoms with Crippen molar-refractivity contribution in [1.29, 1.82) is 0 Å². The molecule has 0 aromatic heterocycles. The highest BCUT2D eigenvalue weighted by molar-refractivity contribution is 14.1. The number of nitrogen functional groups attached to an aromatic ring is 1. The molecule has 0 aliphatic heterocycles. The molecule has 1 aromatic rings. The van der Waals surface area contributed by atoms with Gasteiger partial charge in [0.1, 0.15) is 0 Å². The van der Waals surface area contributed by atoms with E-state index in [1.54, 1.807) is 6.92 Å². The Morgan fingerprint density at radius 2 is 1.85 bits per heavy atom. The van der Waals surface area contributed by atoms with Crippen molar-refractivity contribution in [1.82, 2.24) is 0 Å². The average Bonchev–Trinajstić information content (AvgIpc) is 1.94. The molecule has 0 heterocycles. The Morgan fingerprint density at radius 1 is 1.31 bits per heavy atom. The van der Waals surface area contributed by atoms with Crippen LogP contribution in [0, 0.1) is 10.5 Å². The van der Waals surface area contributed by atoms with Crippen molar-refractivity contribution in [2.45, 2.75) is 13.1 Å². The van der Waals surface area contributed by atoms with Crippen LogP contribution in [-0.4, -0.2) is 0 Å². The molecule has 0 radical (unpaired) electrons. The molecular weight excluding hydrogens is 294 g/mol. The maximum atomic E-state index is 12.3. The predicted octanol–water partition coefficient (Wildman–Crippen LogP) is 3.20. The van der Waals surface area contributed by atoms with Crippen LogP contribution in [0.4, 0.5) is 18.9 Å². The van der Waals surface area contributed by atoms with Gasteiger partial charge in [0.25, 0.3) is 0 Å². The largest absolute Gasteiger partial charge is 0.418 e. The topological polar surface area (TPSA) is 26.0 Å². The monoisotopic (exact) mass is 301 g/mol. The van der Waals surface area contributed by atoms with E-state index in [-0.39, 0.29) is 5.69 Å². The van der Waals surface area contributed by atoms with Crippen LogP contribution in [0.2, 0.25) is 0 Å². The van der Waals surface area contributed by atoms with Crippen LogP contribution in [0.25, 0.3) is 0 Å². The van der Waals surface area contributed by atoms with Gasteiger partial charge in [0.2, 0.25) is 0 Å². The third-order valence-electron chi connectivity index (χ3n) is 1.64. The van der Waals surface area contributed by atoms with Gasteiger partial charge in [-0.05, 0) is 47.2 Å². The number of rotatable bonds is 0. The van der Waals surface area contributed by atoms with Crippen LogP contribution in [0.1, 0.15) is 11.1 Å². The van der Waals surface area contributed by atoms with Crippen molar-refractivity contribution in [3.8, 4) is 0 Å². The molecule has 0 aliphatic carbocycles. The lowest BCUT2D eigenvalue weighted by Gasteiger charge is -2.11. The summed E-state index contributed by atoms with van der Waals surface area (Å²) in [5.41, 5.74) is 5.03. The van der Waals surface area contributed by atoms with Gasteiger partial charge in [-0.3, -0.25) is 0 Å². The number of alkyl halides is 3. The summed E-state index contributed by atoms with van der Waals surface area (Å²) in [4.78, 5) is 0. The minimum atomic E-state index is -4.36. The third kappa shape index (κ3) is 2.26. The smallest absolute Gasteiger partial charge is 0.398 e. The Hall–Kier alpha value is -0.460. The van der Waals surface area contributed by atoms with Gasteiger partial charge in [0.15, 0.2) is 0 Å². The molecule has 1 nitrogen and oxygen atoms in total. The first-order valence-electron chi connectivity index (χ1n) is 3.45. The van der Waals surface area contributed by atoms with Gasteiger partial charge in [0, 0.05) is 9.26 Å². The number of aryl methyl sites for hydroxylation is 1. The van der Waals surface area contributed by atoms with Crippen molar-refractivity contribution < 1.29 is 13.2 Å². The average molecular weight is 301 g/mol. The van der Waals surface area contributed by atoms with E-state index < -0.39 is 11.7 Å². The van der Waals surface area contributed by atoms with Crippen LogP contribution in [0.15, 0.2) is 12.1 Å². The predicted molar refractivity (Wildman–Crippen MR) is 53.3 cm³/mol. The molecule has 0 atom stereocenters. The molecule has 13 heavy (non-hydrogen) atoms. The molecule has 0 saturated carbocycles. The molecule has 5 heteroatoms. The maximum absolute atomic E-state index is 12.3. The van der Waals surface area contributed by atoms with Gasteiger partial charge < -0.3 is 5.73 Å². The second-order valence-electron chi connectivity index (χ2n) is 2.69. The van der Waals surface area contributed by atoms with Crippen molar-refractivity contribution in [2.75, 3.05) is 5.73 Å². The van der Waals surface area contributed by atoms with Crippen LogP contribution >= 0.6 is 22.6 Å². The second-order valence-corrected chi connectivity index (χ2v) is 3.85. The highest BCUT2D eigenvalue weighted by atomic mass is 127. The molecule has 2 N–H and O–H groups in total. The molecule has 0 unspecified atom stereocenters. The number of anilines is 1. The summed E-state index contributed by atoms with van der Waals surface area (Å²) in [6.07, 6.45) is -4.36. The summed E-state index contributed by atoms with van der Waals surface area (Å²) in [6, 6.07) is 2.40. The number of hydrogen-bond donors (Lipinski definition) is 1. The molecule has 0 saturated heterocycles. The normalized spacial score (nSPS) is 11.8. The van der Waals surface area contributed by atoms with E-state index in [1.807, 2.05) is 22.6 Å². The molecule has 0 aliphatic rings. The Balaban J connectivity index is 3.32. The standard InChI is InChI=1S/C8H7F3IN/c1-4-2-7(13)5(3-6(4)12)8(9,10)11/h2-3H,13H2,1H3. The first-order valence-corrected chi connectivity index (χ1v) is 4.53. The Kier molecular flexibility index (Phi) is 2.74. The van der Waals surface area contributed by atoms with Crippen LogP contribution in [0.3, 0.4) is 0 Å². The molecule has 1 aromatic carbocycles. The van der Waals surface area contributed by atoms with Gasteiger partial charge in [-0.1, -0.05) is 0 Å². The molecule has 0 spiro atoms. The Morgan fingerprint density at radius 3 is 2.31 bits per heavy atom. The lowest BCUT2D eigenvalue weighted by atomic mass is 10.1. The van der Waals surface area contributed by atoms with Crippen molar-refractivity contribution in [2.24, 2.45) is 0 Å². The minimum Gasteiger partial charge on any atom is -0.398 e. The van der Waals surface area contributed by atoms with Crippen LogP contribution < -0.4 is 5.73 Å². The van der Waals surface area contributed by atoms with Gasteiger partial charge in [-0.2, -0.15) is 13.2 Å². The van der Waals surface area contributed by atoms with E-state index in [0.29, 0.717) is 3.57 Å². The quantitative estimate of drug-likeness (QED) is 0.578. The van der Waals surface area contributed by atoms with Crippen LogP contribution in [0.5, 0.6) is 0 Å². The number of benzene rings is 1. The molecule has 0 amide bonds. The summed E-state index contributed by atoms with van der Waals surface area (Å²) < 4.78 is 37.4. The van der Waals surface area contributed by atoms with E-state index in [4.69, 9.17) is 5.73 Å². The van der Waals surface area contributed by atoms with Crippen LogP contribution in [-0.2, 0) is 6.18 Å². The summed E-state index contributed by atoms with van der Waals surface area (Å²) in [7, 11) is 0. The summed E-state index contributed by atoms with van der Waals surface area (Å²) in [6.45, 7) is 1.72.